The van der Waals surface area contributed by atoms with Crippen LogP contribution in [0.4, 0.5) is 0 Å². The van der Waals surface area contributed by atoms with Crippen molar-refractivity contribution in [3.8, 4) is 5.75 Å². The zero-order valence-corrected chi connectivity index (χ0v) is 12.0. The van der Waals surface area contributed by atoms with Crippen molar-refractivity contribution >= 4 is 5.91 Å². The number of hydrogen-bond acceptors (Lipinski definition) is 3. The molecule has 0 saturated carbocycles. The normalized spacial score (nSPS) is 24.9. The van der Waals surface area contributed by atoms with Gasteiger partial charge >= 0.3 is 0 Å². The molecule has 0 spiro atoms. The summed E-state index contributed by atoms with van der Waals surface area (Å²) in [5.74, 6) is 1.09. The third-order valence-corrected chi connectivity index (χ3v) is 4.36. The van der Waals surface area contributed by atoms with E-state index in [4.69, 9.17) is 4.74 Å². The number of benzene rings is 1. The highest BCUT2D eigenvalue weighted by molar-refractivity contribution is 5.85. The third kappa shape index (κ3) is 2.40. The summed E-state index contributed by atoms with van der Waals surface area (Å²) in [5, 5.41) is 3.35. The number of para-hydroxylation sites is 1. The molecule has 0 bridgehead atoms. The quantitative estimate of drug-likeness (QED) is 0.913. The van der Waals surface area contributed by atoms with E-state index < -0.39 is 0 Å². The number of nitrogens with one attached hydrogen (secondary N) is 1. The van der Waals surface area contributed by atoms with Gasteiger partial charge < -0.3 is 15.0 Å². The predicted molar refractivity (Wildman–Crippen MR) is 78.0 cm³/mol. The number of nitrogens with zero attached hydrogens (tertiary/aromatic N) is 1. The SMILES string of the molecule is CCN(C(=O)C1CCOc2ccccc21)C1CCNC1. The Morgan fingerprint density at radius 1 is 1.40 bits per heavy atom. The molecule has 4 nitrogen and oxygen atoms in total. The second kappa shape index (κ2) is 5.83. The van der Waals surface area contributed by atoms with E-state index in [1.807, 2.05) is 29.2 Å². The summed E-state index contributed by atoms with van der Waals surface area (Å²) in [5.41, 5.74) is 1.05. The number of carbonyl (C=O) groups is 1. The highest BCUT2D eigenvalue weighted by Gasteiger charge is 2.34. The van der Waals surface area contributed by atoms with Crippen LogP contribution in [-0.4, -0.2) is 43.1 Å². The second-order valence-corrected chi connectivity index (χ2v) is 5.50. The summed E-state index contributed by atoms with van der Waals surface area (Å²) in [4.78, 5) is 15.0. The molecule has 2 heterocycles. The molecule has 0 radical (unpaired) electrons. The van der Waals surface area contributed by atoms with Crippen LogP contribution in [0.3, 0.4) is 0 Å². The van der Waals surface area contributed by atoms with Crippen molar-refractivity contribution in [3.63, 3.8) is 0 Å². The van der Waals surface area contributed by atoms with Crippen molar-refractivity contribution in [1.29, 1.82) is 0 Å². The first-order valence-electron chi connectivity index (χ1n) is 7.54. The Bertz CT molecular complexity index is 483. The number of amides is 1. The maximum atomic E-state index is 12.9. The fourth-order valence-corrected chi connectivity index (χ4v) is 3.30. The van der Waals surface area contributed by atoms with Crippen LogP contribution in [0.25, 0.3) is 0 Å². The fraction of sp³-hybridized carbons (Fsp3) is 0.562. The van der Waals surface area contributed by atoms with Gasteiger partial charge in [-0.1, -0.05) is 18.2 Å². The van der Waals surface area contributed by atoms with Gasteiger partial charge in [-0.3, -0.25) is 4.79 Å². The van der Waals surface area contributed by atoms with Gasteiger partial charge in [0.25, 0.3) is 0 Å². The minimum Gasteiger partial charge on any atom is -0.493 e. The Morgan fingerprint density at radius 2 is 2.25 bits per heavy atom. The highest BCUT2D eigenvalue weighted by atomic mass is 16.5. The van der Waals surface area contributed by atoms with Crippen molar-refractivity contribution in [2.24, 2.45) is 0 Å². The van der Waals surface area contributed by atoms with E-state index in [9.17, 15) is 4.79 Å². The maximum Gasteiger partial charge on any atom is 0.230 e. The number of carbonyl (C=O) groups excluding carboxylic acids is 1. The maximum absolute atomic E-state index is 12.9. The van der Waals surface area contributed by atoms with Crippen molar-refractivity contribution in [2.45, 2.75) is 31.7 Å². The molecule has 0 aromatic heterocycles. The van der Waals surface area contributed by atoms with Crippen LogP contribution in [0.5, 0.6) is 5.75 Å². The number of fused-ring (bicyclic) bond motifs is 1. The van der Waals surface area contributed by atoms with Gasteiger partial charge in [-0.15, -0.1) is 0 Å². The molecule has 1 amide bonds. The molecule has 1 N–H and O–H groups in total. The lowest BCUT2D eigenvalue weighted by Crippen LogP contribution is -2.44. The third-order valence-electron chi connectivity index (χ3n) is 4.36. The van der Waals surface area contributed by atoms with Crippen molar-refractivity contribution < 1.29 is 9.53 Å². The van der Waals surface area contributed by atoms with Crippen LogP contribution >= 0.6 is 0 Å². The standard InChI is InChI=1S/C16H22N2O2/c1-2-18(12-7-9-17-11-12)16(19)14-8-10-20-15-6-4-3-5-13(14)15/h3-6,12,14,17H,2,7-11H2,1H3. The van der Waals surface area contributed by atoms with Crippen LogP contribution in [0.1, 0.15) is 31.2 Å². The summed E-state index contributed by atoms with van der Waals surface area (Å²) in [6, 6.07) is 8.29. The van der Waals surface area contributed by atoms with Gasteiger partial charge in [0.15, 0.2) is 0 Å². The number of hydrogen-bond donors (Lipinski definition) is 1. The summed E-state index contributed by atoms with van der Waals surface area (Å²) in [6.45, 7) is 5.42. The van der Waals surface area contributed by atoms with Crippen LogP contribution in [0.2, 0.25) is 0 Å². The summed E-state index contributed by atoms with van der Waals surface area (Å²) in [7, 11) is 0. The predicted octanol–water partition coefficient (Wildman–Crippen LogP) is 1.76. The van der Waals surface area contributed by atoms with E-state index in [1.165, 1.54) is 0 Å². The highest BCUT2D eigenvalue weighted by Crippen LogP contribution is 2.35. The molecule has 0 aliphatic carbocycles. The first-order valence-corrected chi connectivity index (χ1v) is 7.54. The van der Waals surface area contributed by atoms with Crippen LogP contribution < -0.4 is 10.1 Å². The molecule has 1 aromatic rings. The minimum atomic E-state index is -0.0412. The zero-order valence-electron chi connectivity index (χ0n) is 12.0. The van der Waals surface area contributed by atoms with Crippen molar-refractivity contribution in [3.05, 3.63) is 29.8 Å². The number of likely N-dealkylation sites (N-methyl/N-ethyl adjacent to an activating group) is 1. The van der Waals surface area contributed by atoms with Gasteiger partial charge in [0, 0.05) is 24.7 Å². The molecular weight excluding hydrogens is 252 g/mol. The number of rotatable bonds is 3. The Hall–Kier alpha value is -1.55. The molecule has 2 unspecified atom stereocenters. The van der Waals surface area contributed by atoms with E-state index >= 15 is 0 Å². The van der Waals surface area contributed by atoms with Crippen LogP contribution in [0, 0.1) is 0 Å². The molecule has 2 aliphatic rings. The van der Waals surface area contributed by atoms with Gasteiger partial charge in [0.05, 0.1) is 12.5 Å². The molecule has 20 heavy (non-hydrogen) atoms. The molecule has 1 saturated heterocycles. The van der Waals surface area contributed by atoms with Gasteiger partial charge in [0.1, 0.15) is 5.75 Å². The Kier molecular flexibility index (Phi) is 3.92. The Labute approximate surface area is 120 Å². The lowest BCUT2D eigenvalue weighted by molar-refractivity contribution is -0.135. The topological polar surface area (TPSA) is 41.6 Å². The molecule has 1 fully saturated rings. The summed E-state index contributed by atoms with van der Waals surface area (Å²) >= 11 is 0. The molecule has 108 valence electrons. The molecular formula is C16H22N2O2. The van der Waals surface area contributed by atoms with Crippen LogP contribution in [-0.2, 0) is 4.79 Å². The monoisotopic (exact) mass is 274 g/mol. The van der Waals surface area contributed by atoms with E-state index in [0.717, 1.165) is 43.8 Å². The van der Waals surface area contributed by atoms with E-state index in [2.05, 4.69) is 12.2 Å². The summed E-state index contributed by atoms with van der Waals surface area (Å²) in [6.07, 6.45) is 1.84. The van der Waals surface area contributed by atoms with Crippen molar-refractivity contribution in [2.75, 3.05) is 26.2 Å². The Balaban J connectivity index is 1.83. The Morgan fingerprint density at radius 3 is 3.00 bits per heavy atom. The average molecular weight is 274 g/mol. The molecule has 1 aromatic carbocycles. The number of ether oxygens (including phenoxy) is 1. The lowest BCUT2D eigenvalue weighted by Gasteiger charge is -2.33. The van der Waals surface area contributed by atoms with E-state index in [1.54, 1.807) is 0 Å². The zero-order chi connectivity index (χ0) is 13.9. The van der Waals surface area contributed by atoms with E-state index in [-0.39, 0.29) is 11.8 Å². The van der Waals surface area contributed by atoms with Gasteiger partial charge in [-0.25, -0.2) is 0 Å². The lowest BCUT2D eigenvalue weighted by atomic mass is 9.91. The molecule has 3 rings (SSSR count). The molecule has 4 heteroatoms. The molecule has 2 atom stereocenters. The van der Waals surface area contributed by atoms with Gasteiger partial charge in [0.2, 0.25) is 5.91 Å². The first kappa shape index (κ1) is 13.4. The van der Waals surface area contributed by atoms with E-state index in [0.29, 0.717) is 12.6 Å². The fourth-order valence-electron chi connectivity index (χ4n) is 3.30. The molecule has 2 aliphatic heterocycles. The summed E-state index contributed by atoms with van der Waals surface area (Å²) < 4.78 is 5.66. The second-order valence-electron chi connectivity index (χ2n) is 5.50. The van der Waals surface area contributed by atoms with Gasteiger partial charge in [-0.05, 0) is 32.4 Å². The average Bonchev–Trinajstić information content (AvgIpc) is 3.01. The minimum absolute atomic E-state index is 0.0412. The smallest absolute Gasteiger partial charge is 0.230 e. The van der Waals surface area contributed by atoms with Crippen molar-refractivity contribution in [1.82, 2.24) is 10.2 Å². The first-order chi connectivity index (χ1) is 9.81. The van der Waals surface area contributed by atoms with Gasteiger partial charge in [-0.2, -0.15) is 0 Å². The largest absolute Gasteiger partial charge is 0.493 e. The van der Waals surface area contributed by atoms with Crippen LogP contribution in [0.15, 0.2) is 24.3 Å².